The van der Waals surface area contributed by atoms with E-state index in [1.807, 2.05) is 49.4 Å². The topological polar surface area (TPSA) is 54.3 Å². The lowest BCUT2D eigenvalue weighted by atomic mass is 10.1. The van der Waals surface area contributed by atoms with E-state index in [0.29, 0.717) is 11.7 Å². The number of nitrogens with zero attached hydrogens (tertiary/aromatic N) is 3. The molecule has 0 aromatic heterocycles. The number of carbonyl (C=O) groups is 1. The van der Waals surface area contributed by atoms with Crippen LogP contribution in [0.4, 0.5) is 0 Å². The van der Waals surface area contributed by atoms with Crippen LogP contribution in [0.15, 0.2) is 58.7 Å². The summed E-state index contributed by atoms with van der Waals surface area (Å²) in [5.41, 5.74) is 3.12. The van der Waals surface area contributed by atoms with E-state index in [1.54, 1.807) is 18.2 Å². The van der Waals surface area contributed by atoms with Crippen LogP contribution in [0.2, 0.25) is 0 Å². The van der Waals surface area contributed by atoms with Crippen molar-refractivity contribution in [1.82, 2.24) is 4.90 Å². The molecule has 0 saturated carbocycles. The fourth-order valence-corrected chi connectivity index (χ4v) is 3.89. The minimum atomic E-state index is -0.103. The quantitative estimate of drug-likeness (QED) is 0.555. The molecular formula is C21H23N3O2S. The molecule has 140 valence electrons. The highest BCUT2D eigenvalue weighted by molar-refractivity contribution is 8.15. The molecular weight excluding hydrogens is 358 g/mol. The Balaban J connectivity index is 1.84. The monoisotopic (exact) mass is 381 g/mol. The second-order valence-electron chi connectivity index (χ2n) is 6.23. The van der Waals surface area contributed by atoms with Crippen molar-refractivity contribution in [3.05, 3.63) is 65.2 Å². The van der Waals surface area contributed by atoms with Crippen LogP contribution in [0.1, 0.15) is 30.0 Å². The molecule has 1 atom stereocenters. The number of amides is 1. The zero-order valence-electron chi connectivity index (χ0n) is 15.8. The number of hydrogen-bond donors (Lipinski definition) is 0. The highest BCUT2D eigenvalue weighted by atomic mass is 32.2. The van der Waals surface area contributed by atoms with Crippen LogP contribution in [-0.2, 0) is 11.3 Å². The van der Waals surface area contributed by atoms with Crippen molar-refractivity contribution in [3.8, 4) is 5.75 Å². The van der Waals surface area contributed by atoms with Crippen LogP contribution in [-0.4, -0.2) is 34.5 Å². The Morgan fingerprint density at radius 3 is 2.67 bits per heavy atom. The maximum atomic E-state index is 12.7. The van der Waals surface area contributed by atoms with E-state index >= 15 is 0 Å². The maximum Gasteiger partial charge on any atom is 0.242 e. The van der Waals surface area contributed by atoms with Gasteiger partial charge in [-0.3, -0.25) is 9.69 Å². The third kappa shape index (κ3) is 4.39. The molecule has 3 rings (SSSR count). The zero-order chi connectivity index (χ0) is 19.2. The minimum absolute atomic E-state index is 0.0944. The lowest BCUT2D eigenvalue weighted by Gasteiger charge is -2.17. The minimum Gasteiger partial charge on any atom is -0.496 e. The van der Waals surface area contributed by atoms with Gasteiger partial charge in [-0.05, 0) is 36.6 Å². The molecule has 1 fully saturated rings. The highest BCUT2D eigenvalue weighted by Crippen LogP contribution is 2.31. The third-order valence-corrected chi connectivity index (χ3v) is 5.79. The number of hydrogen-bond acceptors (Lipinski definition) is 5. The number of amidine groups is 1. The number of methoxy groups -OCH3 is 1. The Morgan fingerprint density at radius 1 is 1.19 bits per heavy atom. The van der Waals surface area contributed by atoms with E-state index in [4.69, 9.17) is 4.74 Å². The zero-order valence-corrected chi connectivity index (χ0v) is 16.6. The van der Waals surface area contributed by atoms with Crippen LogP contribution >= 0.6 is 11.8 Å². The second kappa shape index (κ2) is 8.86. The third-order valence-electron chi connectivity index (χ3n) is 4.46. The number of rotatable bonds is 6. The molecule has 1 unspecified atom stereocenters. The number of benzene rings is 2. The summed E-state index contributed by atoms with van der Waals surface area (Å²) in [6.45, 7) is 4.58. The predicted octanol–water partition coefficient (Wildman–Crippen LogP) is 4.25. The largest absolute Gasteiger partial charge is 0.496 e. The van der Waals surface area contributed by atoms with Gasteiger partial charge in [0.15, 0.2) is 5.17 Å². The maximum absolute atomic E-state index is 12.7. The number of aryl methyl sites for hydroxylation is 1. The van der Waals surface area contributed by atoms with Crippen LogP contribution in [0.5, 0.6) is 5.75 Å². The average molecular weight is 382 g/mol. The summed E-state index contributed by atoms with van der Waals surface area (Å²) in [7, 11) is 1.62. The molecule has 5 nitrogen and oxygen atoms in total. The molecule has 1 saturated heterocycles. The fourth-order valence-electron chi connectivity index (χ4n) is 2.86. The van der Waals surface area contributed by atoms with E-state index in [-0.39, 0.29) is 11.2 Å². The summed E-state index contributed by atoms with van der Waals surface area (Å²) in [6.07, 6.45) is 2.42. The number of para-hydroxylation sites is 1. The van der Waals surface area contributed by atoms with E-state index < -0.39 is 0 Å². The normalized spacial score (nSPS) is 18.6. The van der Waals surface area contributed by atoms with Crippen LogP contribution < -0.4 is 4.74 Å². The van der Waals surface area contributed by atoms with Gasteiger partial charge >= 0.3 is 0 Å². The summed E-state index contributed by atoms with van der Waals surface area (Å²) in [5, 5.41) is 9.10. The Morgan fingerprint density at radius 2 is 1.93 bits per heavy atom. The van der Waals surface area contributed by atoms with Crippen molar-refractivity contribution < 1.29 is 9.53 Å². The summed E-state index contributed by atoms with van der Waals surface area (Å²) in [4.78, 5) is 14.5. The first-order valence-corrected chi connectivity index (χ1v) is 9.78. The van der Waals surface area contributed by atoms with Crippen LogP contribution in [0.3, 0.4) is 0 Å². The predicted molar refractivity (Wildman–Crippen MR) is 111 cm³/mol. The molecule has 0 spiro atoms. The van der Waals surface area contributed by atoms with Crippen molar-refractivity contribution in [2.75, 3.05) is 7.11 Å². The molecule has 2 aromatic rings. The summed E-state index contributed by atoms with van der Waals surface area (Å²) in [6, 6.07) is 15.7. The first kappa shape index (κ1) is 19.2. The molecule has 27 heavy (non-hydrogen) atoms. The van der Waals surface area contributed by atoms with Crippen LogP contribution in [0.25, 0.3) is 0 Å². The van der Waals surface area contributed by atoms with Crippen LogP contribution in [0, 0.1) is 6.92 Å². The smallest absolute Gasteiger partial charge is 0.242 e. The van der Waals surface area contributed by atoms with Crippen molar-refractivity contribution >= 4 is 29.1 Å². The lowest BCUT2D eigenvalue weighted by molar-refractivity contribution is -0.126. The van der Waals surface area contributed by atoms with Crippen molar-refractivity contribution in [1.29, 1.82) is 0 Å². The molecule has 0 N–H and O–H groups in total. The Labute approximate surface area is 164 Å². The summed E-state index contributed by atoms with van der Waals surface area (Å²) in [5.74, 6) is 0.830. The van der Waals surface area contributed by atoms with Gasteiger partial charge in [-0.25, -0.2) is 0 Å². The molecule has 1 amide bonds. The SMILES string of the molecule is CCC1S/C(=N/N=C/c2ccccc2OC)N(Cc2ccccc2C)C1=O. The van der Waals surface area contributed by atoms with E-state index in [1.165, 1.54) is 11.8 Å². The van der Waals surface area contributed by atoms with Gasteiger partial charge in [-0.15, -0.1) is 5.10 Å². The molecule has 0 radical (unpaired) electrons. The molecule has 2 aromatic carbocycles. The number of ether oxygens (including phenoxy) is 1. The van der Waals surface area contributed by atoms with Gasteiger partial charge in [0.25, 0.3) is 0 Å². The second-order valence-corrected chi connectivity index (χ2v) is 7.40. The Kier molecular flexibility index (Phi) is 6.29. The Hall–Kier alpha value is -2.60. The first-order chi connectivity index (χ1) is 13.1. The van der Waals surface area contributed by atoms with Gasteiger partial charge in [-0.2, -0.15) is 5.10 Å². The van der Waals surface area contributed by atoms with Crippen molar-refractivity contribution in [3.63, 3.8) is 0 Å². The lowest BCUT2D eigenvalue weighted by Crippen LogP contribution is -2.31. The van der Waals surface area contributed by atoms with Gasteiger partial charge in [0, 0.05) is 5.56 Å². The number of thioether (sulfide) groups is 1. The van der Waals surface area contributed by atoms with Crippen molar-refractivity contribution in [2.24, 2.45) is 10.2 Å². The Bertz CT molecular complexity index is 879. The van der Waals surface area contributed by atoms with Gasteiger partial charge in [0.1, 0.15) is 5.75 Å². The van der Waals surface area contributed by atoms with Gasteiger partial charge < -0.3 is 4.74 Å². The molecule has 1 aliphatic rings. The van der Waals surface area contributed by atoms with Gasteiger partial charge in [0.2, 0.25) is 5.91 Å². The average Bonchev–Trinajstić information content (AvgIpc) is 2.99. The first-order valence-electron chi connectivity index (χ1n) is 8.90. The van der Waals surface area contributed by atoms with E-state index in [2.05, 4.69) is 23.2 Å². The molecule has 0 aliphatic carbocycles. The standard InChI is InChI=1S/C21H23N3O2S/c1-4-19-20(25)24(14-17-11-6-5-9-15(17)2)21(27-19)23-22-13-16-10-7-8-12-18(16)26-3/h5-13,19H,4,14H2,1-3H3/b22-13+,23-21+. The molecule has 6 heteroatoms. The number of carbonyl (C=O) groups excluding carboxylic acids is 1. The molecule has 1 aliphatic heterocycles. The highest BCUT2D eigenvalue weighted by Gasteiger charge is 2.37. The molecule has 1 heterocycles. The van der Waals surface area contributed by atoms with E-state index in [9.17, 15) is 4.79 Å². The summed E-state index contributed by atoms with van der Waals surface area (Å²) < 4.78 is 5.32. The van der Waals surface area contributed by atoms with Gasteiger partial charge in [-0.1, -0.05) is 55.1 Å². The van der Waals surface area contributed by atoms with Crippen molar-refractivity contribution in [2.45, 2.75) is 32.1 Å². The summed E-state index contributed by atoms with van der Waals surface area (Å²) >= 11 is 1.48. The van der Waals surface area contributed by atoms with Gasteiger partial charge in [0.05, 0.1) is 25.1 Å². The van der Waals surface area contributed by atoms with E-state index in [0.717, 1.165) is 28.9 Å². The fraction of sp³-hybridized carbons (Fsp3) is 0.286. The molecule has 0 bridgehead atoms.